The summed E-state index contributed by atoms with van der Waals surface area (Å²) in [7, 11) is 0. The van der Waals surface area contributed by atoms with Crippen LogP contribution in [-0.2, 0) is 0 Å². The Bertz CT molecular complexity index is 528. The summed E-state index contributed by atoms with van der Waals surface area (Å²) >= 11 is 3.38. The summed E-state index contributed by atoms with van der Waals surface area (Å²) in [6.45, 7) is 6.49. The van der Waals surface area contributed by atoms with Gasteiger partial charge in [0.2, 0.25) is 0 Å². The van der Waals surface area contributed by atoms with Crippen molar-refractivity contribution in [2.45, 2.75) is 32.7 Å². The minimum Gasteiger partial charge on any atom is -0.383 e. The molecule has 1 aromatic carbocycles. The molecule has 0 aliphatic rings. The van der Waals surface area contributed by atoms with Crippen molar-refractivity contribution in [1.29, 1.82) is 0 Å². The monoisotopic (exact) mass is 307 g/mol. The topological polar surface area (TPSA) is 43.8 Å². The summed E-state index contributed by atoms with van der Waals surface area (Å²) < 4.78 is 2.67. The van der Waals surface area contributed by atoms with Gasteiger partial charge in [0.05, 0.1) is 16.7 Å². The van der Waals surface area contributed by atoms with Crippen LogP contribution in [0.5, 0.6) is 0 Å². The number of nitrogen functional groups attached to an aromatic ring is 1. The van der Waals surface area contributed by atoms with Gasteiger partial charge in [0.1, 0.15) is 5.82 Å². The van der Waals surface area contributed by atoms with E-state index >= 15 is 0 Å². The van der Waals surface area contributed by atoms with Gasteiger partial charge in [0.25, 0.3) is 0 Å². The molecule has 1 heterocycles. The Balaban J connectivity index is 2.29. The molecule has 3 nitrogen and oxygen atoms in total. The lowest BCUT2D eigenvalue weighted by molar-refractivity contribution is 0.572. The second-order valence-electron chi connectivity index (χ2n) is 4.82. The Hall–Kier alpha value is -1.29. The number of halogens is 1. The average molecular weight is 308 g/mol. The highest BCUT2D eigenvalue weighted by Crippen LogP contribution is 2.26. The van der Waals surface area contributed by atoms with Crippen LogP contribution in [-0.4, -0.2) is 9.78 Å². The highest BCUT2D eigenvalue weighted by atomic mass is 79.9. The fraction of sp³-hybridized carbons (Fsp3) is 0.357. The molecule has 0 radical (unpaired) electrons. The number of anilines is 1. The van der Waals surface area contributed by atoms with Crippen LogP contribution >= 0.6 is 15.9 Å². The van der Waals surface area contributed by atoms with E-state index in [0.717, 1.165) is 4.47 Å². The first kappa shape index (κ1) is 13.1. The molecule has 1 unspecified atom stereocenters. The van der Waals surface area contributed by atoms with Crippen molar-refractivity contribution in [1.82, 2.24) is 9.78 Å². The minimum atomic E-state index is 0.137. The maximum Gasteiger partial charge on any atom is 0.136 e. The summed E-state index contributed by atoms with van der Waals surface area (Å²) in [5.74, 6) is 1.22. The molecule has 18 heavy (non-hydrogen) atoms. The third-order valence-corrected chi connectivity index (χ3v) is 3.85. The molecule has 0 spiro atoms. The van der Waals surface area contributed by atoms with Crippen LogP contribution in [0, 0.1) is 0 Å². The van der Waals surface area contributed by atoms with E-state index in [4.69, 9.17) is 5.73 Å². The predicted molar refractivity (Wildman–Crippen MR) is 78.7 cm³/mol. The second-order valence-corrected chi connectivity index (χ2v) is 5.67. The number of benzene rings is 1. The third kappa shape index (κ3) is 2.43. The van der Waals surface area contributed by atoms with Gasteiger partial charge in [-0.3, -0.25) is 0 Å². The predicted octanol–water partition coefficient (Wildman–Crippen LogP) is 3.96. The minimum absolute atomic E-state index is 0.137. The van der Waals surface area contributed by atoms with Crippen molar-refractivity contribution in [3.05, 3.63) is 46.1 Å². The Labute approximate surface area is 116 Å². The van der Waals surface area contributed by atoms with Crippen LogP contribution in [0.25, 0.3) is 0 Å². The molecular weight excluding hydrogens is 290 g/mol. The van der Waals surface area contributed by atoms with Gasteiger partial charge >= 0.3 is 0 Å². The van der Waals surface area contributed by atoms with E-state index in [-0.39, 0.29) is 6.04 Å². The second kappa shape index (κ2) is 5.14. The maximum atomic E-state index is 5.97. The van der Waals surface area contributed by atoms with Gasteiger partial charge in [-0.15, -0.1) is 0 Å². The van der Waals surface area contributed by atoms with Crippen LogP contribution in [0.15, 0.2) is 34.9 Å². The number of nitrogens with zero attached hydrogens (tertiary/aromatic N) is 2. The zero-order valence-corrected chi connectivity index (χ0v) is 12.5. The van der Waals surface area contributed by atoms with Crippen molar-refractivity contribution in [2.75, 3.05) is 5.73 Å². The van der Waals surface area contributed by atoms with Crippen molar-refractivity contribution >= 4 is 21.7 Å². The van der Waals surface area contributed by atoms with Gasteiger partial charge in [-0.2, -0.15) is 5.10 Å². The number of hydrogen-bond acceptors (Lipinski definition) is 2. The van der Waals surface area contributed by atoms with Crippen LogP contribution in [0.3, 0.4) is 0 Å². The summed E-state index contributed by atoms with van der Waals surface area (Å²) in [4.78, 5) is 0. The van der Waals surface area contributed by atoms with E-state index in [9.17, 15) is 0 Å². The Morgan fingerprint density at radius 1 is 1.11 bits per heavy atom. The average Bonchev–Trinajstić information content (AvgIpc) is 2.69. The van der Waals surface area contributed by atoms with Crippen molar-refractivity contribution in [2.24, 2.45) is 0 Å². The Morgan fingerprint density at radius 3 is 2.11 bits per heavy atom. The molecule has 96 valence electrons. The zero-order valence-electron chi connectivity index (χ0n) is 10.9. The molecule has 2 rings (SSSR count). The number of hydrogen-bond donors (Lipinski definition) is 1. The molecular formula is C14H18BrN3. The lowest BCUT2D eigenvalue weighted by Gasteiger charge is -2.15. The van der Waals surface area contributed by atoms with Crippen LogP contribution in [0.2, 0.25) is 0 Å². The third-order valence-electron chi connectivity index (χ3n) is 3.24. The maximum absolute atomic E-state index is 5.97. The van der Waals surface area contributed by atoms with Crippen molar-refractivity contribution < 1.29 is 0 Å². The SMILES string of the molecule is CC(C)c1ccc(C(C)n2ncc(Br)c2N)cc1. The van der Waals surface area contributed by atoms with Crippen LogP contribution in [0.1, 0.15) is 43.9 Å². The first-order valence-corrected chi connectivity index (χ1v) is 6.88. The first-order chi connectivity index (χ1) is 8.50. The van der Waals surface area contributed by atoms with E-state index in [1.54, 1.807) is 6.20 Å². The molecule has 0 aliphatic carbocycles. The highest BCUT2D eigenvalue weighted by Gasteiger charge is 2.13. The Morgan fingerprint density at radius 2 is 1.67 bits per heavy atom. The van der Waals surface area contributed by atoms with Crippen molar-refractivity contribution in [3.63, 3.8) is 0 Å². The normalized spacial score (nSPS) is 12.9. The molecule has 0 saturated heterocycles. The Kier molecular flexibility index (Phi) is 3.76. The summed E-state index contributed by atoms with van der Waals surface area (Å²) in [6.07, 6.45) is 1.73. The largest absolute Gasteiger partial charge is 0.383 e. The fourth-order valence-corrected chi connectivity index (χ4v) is 2.23. The van der Waals surface area contributed by atoms with E-state index in [2.05, 4.69) is 66.1 Å². The molecule has 0 saturated carbocycles. The molecule has 4 heteroatoms. The lowest BCUT2D eigenvalue weighted by atomic mass is 10.00. The van der Waals surface area contributed by atoms with Gasteiger partial charge in [0.15, 0.2) is 0 Å². The summed E-state index contributed by atoms with van der Waals surface area (Å²) in [5, 5.41) is 4.29. The summed E-state index contributed by atoms with van der Waals surface area (Å²) in [5.41, 5.74) is 8.53. The van der Waals surface area contributed by atoms with Gasteiger partial charge < -0.3 is 5.73 Å². The quantitative estimate of drug-likeness (QED) is 0.932. The van der Waals surface area contributed by atoms with Gasteiger partial charge in [0, 0.05) is 0 Å². The van der Waals surface area contributed by atoms with E-state index in [1.165, 1.54) is 11.1 Å². The van der Waals surface area contributed by atoms with E-state index < -0.39 is 0 Å². The van der Waals surface area contributed by atoms with Crippen LogP contribution in [0.4, 0.5) is 5.82 Å². The van der Waals surface area contributed by atoms with Gasteiger partial charge in [-0.1, -0.05) is 38.1 Å². The molecule has 2 aromatic rings. The first-order valence-electron chi connectivity index (χ1n) is 6.09. The standard InChI is InChI=1S/C14H18BrN3/c1-9(2)11-4-6-12(7-5-11)10(3)18-14(16)13(15)8-17-18/h4-10H,16H2,1-3H3. The molecule has 0 amide bonds. The molecule has 2 N–H and O–H groups in total. The summed E-state index contributed by atoms with van der Waals surface area (Å²) in [6, 6.07) is 8.78. The van der Waals surface area contributed by atoms with E-state index in [0.29, 0.717) is 11.7 Å². The number of aromatic nitrogens is 2. The molecule has 0 fully saturated rings. The van der Waals surface area contributed by atoms with E-state index in [1.807, 2.05) is 4.68 Å². The fourth-order valence-electron chi connectivity index (χ4n) is 1.96. The van der Waals surface area contributed by atoms with Gasteiger partial charge in [-0.25, -0.2) is 4.68 Å². The van der Waals surface area contributed by atoms with Crippen molar-refractivity contribution in [3.8, 4) is 0 Å². The van der Waals surface area contributed by atoms with Gasteiger partial charge in [-0.05, 0) is 39.9 Å². The van der Waals surface area contributed by atoms with Crippen LogP contribution < -0.4 is 5.73 Å². The molecule has 1 aromatic heterocycles. The number of rotatable bonds is 3. The molecule has 1 atom stereocenters. The number of nitrogens with two attached hydrogens (primary N) is 1. The zero-order chi connectivity index (χ0) is 13.3. The molecule has 0 bridgehead atoms. The molecule has 0 aliphatic heterocycles. The smallest absolute Gasteiger partial charge is 0.136 e. The highest BCUT2D eigenvalue weighted by molar-refractivity contribution is 9.10. The lowest BCUT2D eigenvalue weighted by Crippen LogP contribution is -2.11.